The molecular weight excluding hydrogens is 248 g/mol. The molecule has 0 aromatic heterocycles. The van der Waals surface area contributed by atoms with Gasteiger partial charge in [0.2, 0.25) is 0 Å². The van der Waals surface area contributed by atoms with Crippen LogP contribution in [0, 0.1) is 17.1 Å². The van der Waals surface area contributed by atoms with E-state index in [4.69, 9.17) is 5.26 Å². The predicted octanol–water partition coefficient (Wildman–Crippen LogP) is 3.23. The molecule has 1 aliphatic carbocycles. The molecule has 0 unspecified atom stereocenters. The van der Waals surface area contributed by atoms with E-state index in [1.165, 1.54) is 12.1 Å². The third-order valence-corrected chi connectivity index (χ3v) is 2.74. The maximum absolute atomic E-state index is 13.4. The Kier molecular flexibility index (Phi) is 3.16. The average molecular weight is 258 g/mol. The zero-order valence-corrected chi connectivity index (χ0v) is 9.34. The van der Waals surface area contributed by atoms with E-state index < -0.39 is 18.5 Å². The van der Waals surface area contributed by atoms with Gasteiger partial charge in [0, 0.05) is 11.7 Å². The van der Waals surface area contributed by atoms with Crippen LogP contribution in [0.1, 0.15) is 18.4 Å². The number of anilines is 1. The Bertz CT molecular complexity index is 486. The van der Waals surface area contributed by atoms with E-state index in [1.807, 2.05) is 0 Å². The fraction of sp³-hybridized carbons (Fsp3) is 0.417. The third kappa shape index (κ3) is 2.92. The fourth-order valence-electron chi connectivity index (χ4n) is 1.78. The Balaban J connectivity index is 2.26. The number of halogens is 4. The summed E-state index contributed by atoms with van der Waals surface area (Å²) in [4.78, 5) is 1.14. The summed E-state index contributed by atoms with van der Waals surface area (Å²) in [7, 11) is 0. The van der Waals surface area contributed by atoms with Crippen LogP contribution in [-0.2, 0) is 0 Å². The van der Waals surface area contributed by atoms with E-state index in [2.05, 4.69) is 0 Å². The minimum Gasteiger partial charge on any atom is -0.359 e. The van der Waals surface area contributed by atoms with Crippen LogP contribution in [0.3, 0.4) is 0 Å². The van der Waals surface area contributed by atoms with E-state index >= 15 is 0 Å². The molecule has 0 N–H and O–H groups in total. The van der Waals surface area contributed by atoms with Crippen molar-refractivity contribution >= 4 is 5.69 Å². The number of hydrogen-bond acceptors (Lipinski definition) is 2. The van der Waals surface area contributed by atoms with Crippen molar-refractivity contribution in [1.82, 2.24) is 0 Å². The third-order valence-electron chi connectivity index (χ3n) is 2.74. The zero-order valence-electron chi connectivity index (χ0n) is 9.34. The number of nitrogens with zero attached hydrogens (tertiary/aromatic N) is 2. The minimum atomic E-state index is -4.33. The second-order valence-corrected chi connectivity index (χ2v) is 4.25. The second kappa shape index (κ2) is 4.48. The maximum atomic E-state index is 13.4. The molecular formula is C12H10F4N2. The molecule has 0 spiro atoms. The Hall–Kier alpha value is -1.77. The summed E-state index contributed by atoms with van der Waals surface area (Å²) in [6.45, 7) is -1.09. The second-order valence-electron chi connectivity index (χ2n) is 4.25. The van der Waals surface area contributed by atoms with Crippen LogP contribution in [-0.4, -0.2) is 18.8 Å². The topological polar surface area (TPSA) is 27.0 Å². The summed E-state index contributed by atoms with van der Waals surface area (Å²) in [5.41, 5.74) is 0.00725. The summed E-state index contributed by atoms with van der Waals surface area (Å²) in [5, 5.41) is 8.57. The molecule has 1 saturated carbocycles. The SMILES string of the molecule is N#Cc1ccc(N(CC(F)(F)F)C2CC2)cc1F. The number of alkyl halides is 3. The first-order valence-corrected chi connectivity index (χ1v) is 5.44. The van der Waals surface area contributed by atoms with Crippen LogP contribution in [0.5, 0.6) is 0 Å². The number of nitriles is 1. The quantitative estimate of drug-likeness (QED) is 0.778. The summed E-state index contributed by atoms with van der Waals surface area (Å²) in [5.74, 6) is -0.789. The van der Waals surface area contributed by atoms with Gasteiger partial charge in [0.25, 0.3) is 0 Å². The Morgan fingerprint density at radius 3 is 2.44 bits per heavy atom. The molecule has 1 aromatic carbocycles. The van der Waals surface area contributed by atoms with Crippen LogP contribution in [0.25, 0.3) is 0 Å². The van der Waals surface area contributed by atoms with Crippen molar-refractivity contribution < 1.29 is 17.6 Å². The summed E-state index contributed by atoms with van der Waals surface area (Å²) >= 11 is 0. The molecule has 0 saturated heterocycles. The van der Waals surface area contributed by atoms with Crippen LogP contribution in [0.4, 0.5) is 23.2 Å². The first-order valence-electron chi connectivity index (χ1n) is 5.44. The van der Waals surface area contributed by atoms with Gasteiger partial charge in [-0.3, -0.25) is 0 Å². The molecule has 2 rings (SSSR count). The van der Waals surface area contributed by atoms with Gasteiger partial charge in [0.15, 0.2) is 0 Å². The number of rotatable bonds is 3. The Labute approximate surface area is 101 Å². The van der Waals surface area contributed by atoms with Gasteiger partial charge in [0.1, 0.15) is 18.4 Å². The molecule has 0 bridgehead atoms. The predicted molar refractivity (Wildman–Crippen MR) is 57.5 cm³/mol. The van der Waals surface area contributed by atoms with Gasteiger partial charge in [-0.25, -0.2) is 4.39 Å². The van der Waals surface area contributed by atoms with Crippen molar-refractivity contribution in [3.8, 4) is 6.07 Å². The van der Waals surface area contributed by atoms with E-state index in [0.717, 1.165) is 11.0 Å². The molecule has 2 nitrogen and oxygen atoms in total. The summed E-state index contributed by atoms with van der Waals surface area (Å²) in [6, 6.07) is 5.00. The van der Waals surface area contributed by atoms with Crippen LogP contribution >= 0.6 is 0 Å². The highest BCUT2D eigenvalue weighted by atomic mass is 19.4. The molecule has 0 amide bonds. The van der Waals surface area contributed by atoms with Crippen molar-refractivity contribution in [2.24, 2.45) is 0 Å². The highest BCUT2D eigenvalue weighted by molar-refractivity contribution is 5.52. The number of hydrogen-bond donors (Lipinski definition) is 0. The zero-order chi connectivity index (χ0) is 13.3. The molecule has 18 heavy (non-hydrogen) atoms. The van der Waals surface area contributed by atoms with Crippen LogP contribution in [0.15, 0.2) is 18.2 Å². The highest BCUT2D eigenvalue weighted by Gasteiger charge is 2.38. The van der Waals surface area contributed by atoms with Crippen molar-refractivity contribution in [3.63, 3.8) is 0 Å². The van der Waals surface area contributed by atoms with Crippen molar-refractivity contribution in [2.45, 2.75) is 25.1 Å². The lowest BCUT2D eigenvalue weighted by Gasteiger charge is -2.26. The molecule has 1 fully saturated rings. The fourth-order valence-corrected chi connectivity index (χ4v) is 1.78. The van der Waals surface area contributed by atoms with Gasteiger partial charge in [-0.05, 0) is 31.0 Å². The van der Waals surface area contributed by atoms with Crippen molar-refractivity contribution in [3.05, 3.63) is 29.6 Å². The van der Waals surface area contributed by atoms with Gasteiger partial charge in [0.05, 0.1) is 5.56 Å². The summed E-state index contributed by atoms with van der Waals surface area (Å²) < 4.78 is 50.7. The van der Waals surface area contributed by atoms with Crippen LogP contribution in [0.2, 0.25) is 0 Å². The Morgan fingerprint density at radius 2 is 2.00 bits per heavy atom. The first-order chi connectivity index (χ1) is 8.40. The molecule has 1 aliphatic rings. The van der Waals surface area contributed by atoms with Crippen molar-refractivity contribution in [1.29, 1.82) is 5.26 Å². The van der Waals surface area contributed by atoms with E-state index in [1.54, 1.807) is 6.07 Å². The summed E-state index contributed by atoms with van der Waals surface area (Å²) in [6.07, 6.45) is -2.97. The first kappa shape index (κ1) is 12.7. The van der Waals surface area contributed by atoms with E-state index in [9.17, 15) is 17.6 Å². The van der Waals surface area contributed by atoms with Crippen LogP contribution < -0.4 is 4.90 Å². The van der Waals surface area contributed by atoms with E-state index in [-0.39, 0.29) is 17.3 Å². The van der Waals surface area contributed by atoms with E-state index in [0.29, 0.717) is 12.8 Å². The molecule has 96 valence electrons. The van der Waals surface area contributed by atoms with Gasteiger partial charge >= 0.3 is 6.18 Å². The molecule has 0 heterocycles. The lowest BCUT2D eigenvalue weighted by Crippen LogP contribution is -2.36. The minimum absolute atomic E-state index is 0.165. The lowest BCUT2D eigenvalue weighted by atomic mass is 10.2. The van der Waals surface area contributed by atoms with Gasteiger partial charge in [-0.15, -0.1) is 0 Å². The normalized spacial score (nSPS) is 15.3. The molecule has 1 aromatic rings. The standard InChI is InChI=1S/C12H10F4N2/c13-11-5-10(2-1-8(11)6-17)18(9-3-4-9)7-12(14,15)16/h1-2,5,9H,3-4,7H2. The van der Waals surface area contributed by atoms with Gasteiger partial charge < -0.3 is 4.90 Å². The largest absolute Gasteiger partial charge is 0.405 e. The number of benzene rings is 1. The molecule has 0 radical (unpaired) electrons. The molecule has 6 heteroatoms. The Morgan fingerprint density at radius 1 is 1.33 bits per heavy atom. The van der Waals surface area contributed by atoms with Gasteiger partial charge in [-0.1, -0.05) is 0 Å². The monoisotopic (exact) mass is 258 g/mol. The molecule has 0 aliphatic heterocycles. The highest BCUT2D eigenvalue weighted by Crippen LogP contribution is 2.34. The van der Waals surface area contributed by atoms with Crippen molar-refractivity contribution in [2.75, 3.05) is 11.4 Å². The lowest BCUT2D eigenvalue weighted by molar-refractivity contribution is -0.120. The average Bonchev–Trinajstić information content (AvgIpc) is 3.08. The smallest absolute Gasteiger partial charge is 0.359 e. The maximum Gasteiger partial charge on any atom is 0.405 e. The van der Waals surface area contributed by atoms with Gasteiger partial charge in [-0.2, -0.15) is 18.4 Å². The molecule has 0 atom stereocenters.